The van der Waals surface area contributed by atoms with Crippen LogP contribution in [-0.2, 0) is 4.79 Å². The maximum Gasteiger partial charge on any atom is 0.277 e. The number of ether oxygens (including phenoxy) is 1. The monoisotopic (exact) mass is 470 g/mol. The lowest BCUT2D eigenvalue weighted by Gasteiger charge is -2.22. The van der Waals surface area contributed by atoms with Gasteiger partial charge in [0.2, 0.25) is 5.89 Å². The first-order valence-electron chi connectivity index (χ1n) is 10.8. The van der Waals surface area contributed by atoms with Gasteiger partial charge in [0.15, 0.2) is 0 Å². The lowest BCUT2D eigenvalue weighted by Crippen LogP contribution is -2.28. The summed E-state index contributed by atoms with van der Waals surface area (Å²) >= 11 is 1.21. The first kappa shape index (κ1) is 21.9. The van der Waals surface area contributed by atoms with E-state index in [0.717, 1.165) is 28.2 Å². The Morgan fingerprint density at radius 3 is 2.32 bits per heavy atom. The van der Waals surface area contributed by atoms with E-state index in [1.165, 1.54) is 11.8 Å². The molecule has 8 heteroatoms. The molecule has 170 valence electrons. The van der Waals surface area contributed by atoms with E-state index in [-0.39, 0.29) is 17.7 Å². The number of benzene rings is 3. The molecule has 0 unspecified atom stereocenters. The maximum absolute atomic E-state index is 13.3. The summed E-state index contributed by atoms with van der Waals surface area (Å²) in [7, 11) is 1.63. The van der Waals surface area contributed by atoms with Gasteiger partial charge in [-0.15, -0.1) is 10.2 Å². The van der Waals surface area contributed by atoms with Gasteiger partial charge < -0.3 is 9.15 Å². The van der Waals surface area contributed by atoms with Gasteiger partial charge in [-0.05, 0) is 35.4 Å². The number of hydrogen-bond acceptors (Lipinski definition) is 7. The molecule has 1 atom stereocenters. The second-order valence-corrected chi connectivity index (χ2v) is 8.60. The number of aromatic nitrogens is 2. The quantitative estimate of drug-likeness (QED) is 0.345. The standard InChI is InChI=1S/C26H22N4O3S/c1-32-21-14-12-19(13-15-21)23-16-22(18-8-4-2-5-9-18)29-30(23)24(31)17-34-26-28-27-25(33-26)20-10-6-3-7-11-20/h2-15,23H,16-17H2,1H3/t23-/m1/s1. The van der Waals surface area contributed by atoms with E-state index in [2.05, 4.69) is 10.2 Å². The highest BCUT2D eigenvalue weighted by molar-refractivity contribution is 7.99. The van der Waals surface area contributed by atoms with Crippen LogP contribution in [0.4, 0.5) is 0 Å². The molecule has 0 radical (unpaired) electrons. The van der Waals surface area contributed by atoms with Gasteiger partial charge in [0.1, 0.15) is 5.75 Å². The van der Waals surface area contributed by atoms with Gasteiger partial charge in [-0.25, -0.2) is 5.01 Å². The number of rotatable bonds is 7. The number of hydrogen-bond donors (Lipinski definition) is 0. The smallest absolute Gasteiger partial charge is 0.277 e. The predicted octanol–water partition coefficient (Wildman–Crippen LogP) is 5.22. The molecule has 0 bridgehead atoms. The maximum atomic E-state index is 13.3. The second kappa shape index (κ2) is 9.93. The zero-order valence-electron chi connectivity index (χ0n) is 18.5. The molecule has 2 heterocycles. The molecule has 1 aliphatic heterocycles. The Kier molecular flexibility index (Phi) is 6.40. The van der Waals surface area contributed by atoms with Crippen molar-refractivity contribution < 1.29 is 13.9 Å². The Bertz CT molecular complexity index is 1290. The minimum Gasteiger partial charge on any atom is -0.497 e. The minimum atomic E-state index is -0.197. The molecule has 0 spiro atoms. The average molecular weight is 471 g/mol. The Hall–Kier alpha value is -3.91. The highest BCUT2D eigenvalue weighted by Crippen LogP contribution is 2.34. The van der Waals surface area contributed by atoms with Crippen molar-refractivity contribution in [3.63, 3.8) is 0 Å². The number of hydrazone groups is 1. The first-order chi connectivity index (χ1) is 16.7. The average Bonchev–Trinajstić information content (AvgIpc) is 3.56. The molecule has 4 aromatic rings. The van der Waals surface area contributed by atoms with Crippen LogP contribution < -0.4 is 4.74 Å². The highest BCUT2D eigenvalue weighted by atomic mass is 32.2. The van der Waals surface area contributed by atoms with E-state index in [9.17, 15) is 4.79 Å². The van der Waals surface area contributed by atoms with Gasteiger partial charge in [-0.1, -0.05) is 72.4 Å². The SMILES string of the molecule is COc1ccc([C@H]2CC(c3ccccc3)=NN2C(=O)CSc2nnc(-c3ccccc3)o2)cc1. The van der Waals surface area contributed by atoms with Crippen LogP contribution >= 0.6 is 11.8 Å². The fourth-order valence-electron chi connectivity index (χ4n) is 3.79. The summed E-state index contributed by atoms with van der Waals surface area (Å²) in [6.45, 7) is 0. The Balaban J connectivity index is 1.34. The summed E-state index contributed by atoms with van der Waals surface area (Å²) in [6.07, 6.45) is 0.630. The van der Waals surface area contributed by atoms with E-state index < -0.39 is 0 Å². The Morgan fingerprint density at radius 1 is 0.971 bits per heavy atom. The summed E-state index contributed by atoms with van der Waals surface area (Å²) in [5.41, 5.74) is 3.72. The van der Waals surface area contributed by atoms with E-state index in [1.807, 2.05) is 84.9 Å². The molecule has 7 nitrogen and oxygen atoms in total. The van der Waals surface area contributed by atoms with E-state index in [1.54, 1.807) is 12.1 Å². The van der Waals surface area contributed by atoms with Crippen LogP contribution in [-0.4, -0.2) is 39.7 Å². The Morgan fingerprint density at radius 2 is 1.65 bits per heavy atom. The van der Waals surface area contributed by atoms with E-state index >= 15 is 0 Å². The number of carbonyl (C=O) groups excluding carboxylic acids is 1. The fourth-order valence-corrected chi connectivity index (χ4v) is 4.40. The summed E-state index contributed by atoms with van der Waals surface area (Å²) in [5, 5.41) is 14.8. The second-order valence-electron chi connectivity index (χ2n) is 7.67. The van der Waals surface area contributed by atoms with Crippen LogP contribution in [0.15, 0.2) is 99.7 Å². The molecular weight excluding hydrogens is 448 g/mol. The third-order valence-electron chi connectivity index (χ3n) is 5.52. The van der Waals surface area contributed by atoms with Gasteiger partial charge in [-0.3, -0.25) is 4.79 Å². The van der Waals surface area contributed by atoms with Crippen molar-refractivity contribution in [2.45, 2.75) is 17.7 Å². The molecule has 0 fully saturated rings. The van der Waals surface area contributed by atoms with Crippen LogP contribution in [0.5, 0.6) is 5.75 Å². The van der Waals surface area contributed by atoms with Crippen LogP contribution in [0.25, 0.3) is 11.5 Å². The van der Waals surface area contributed by atoms with Gasteiger partial charge in [0.05, 0.1) is 24.6 Å². The highest BCUT2D eigenvalue weighted by Gasteiger charge is 2.33. The summed E-state index contributed by atoms with van der Waals surface area (Å²) in [5.74, 6) is 1.20. The molecule has 1 amide bonds. The third-order valence-corrected chi connectivity index (χ3v) is 6.32. The molecule has 5 rings (SSSR count). The number of nitrogens with zero attached hydrogens (tertiary/aromatic N) is 4. The molecular formula is C26H22N4O3S. The molecule has 0 saturated heterocycles. The summed E-state index contributed by atoms with van der Waals surface area (Å²) in [6, 6.07) is 27.0. The van der Waals surface area contributed by atoms with Gasteiger partial charge in [0, 0.05) is 12.0 Å². The van der Waals surface area contributed by atoms with Crippen LogP contribution in [0, 0.1) is 0 Å². The lowest BCUT2D eigenvalue weighted by atomic mass is 9.98. The van der Waals surface area contributed by atoms with Crippen molar-refractivity contribution in [2.75, 3.05) is 12.9 Å². The van der Waals surface area contributed by atoms with Crippen molar-refractivity contribution in [3.8, 4) is 17.2 Å². The molecule has 0 aliphatic carbocycles. The Labute approximate surface area is 201 Å². The largest absolute Gasteiger partial charge is 0.497 e. The summed E-state index contributed by atoms with van der Waals surface area (Å²) < 4.78 is 11.0. The molecule has 1 aromatic heterocycles. The zero-order chi connectivity index (χ0) is 23.3. The van der Waals surface area contributed by atoms with Crippen molar-refractivity contribution in [2.24, 2.45) is 5.10 Å². The fraction of sp³-hybridized carbons (Fsp3) is 0.154. The first-order valence-corrected chi connectivity index (χ1v) is 11.8. The molecule has 0 N–H and O–H groups in total. The number of methoxy groups -OCH3 is 1. The normalized spacial score (nSPS) is 15.3. The minimum absolute atomic E-state index is 0.129. The zero-order valence-corrected chi connectivity index (χ0v) is 19.3. The van der Waals surface area contributed by atoms with Crippen LogP contribution in [0.3, 0.4) is 0 Å². The number of carbonyl (C=O) groups is 1. The molecule has 0 saturated carbocycles. The van der Waals surface area contributed by atoms with Crippen LogP contribution in [0.2, 0.25) is 0 Å². The van der Waals surface area contributed by atoms with E-state index in [0.29, 0.717) is 17.5 Å². The molecule has 3 aromatic carbocycles. The van der Waals surface area contributed by atoms with Gasteiger partial charge >= 0.3 is 0 Å². The topological polar surface area (TPSA) is 80.8 Å². The number of thioether (sulfide) groups is 1. The van der Waals surface area contributed by atoms with Crippen molar-refractivity contribution >= 4 is 23.4 Å². The van der Waals surface area contributed by atoms with Gasteiger partial charge in [-0.2, -0.15) is 5.10 Å². The molecule has 34 heavy (non-hydrogen) atoms. The van der Waals surface area contributed by atoms with E-state index in [4.69, 9.17) is 14.3 Å². The van der Waals surface area contributed by atoms with Crippen molar-refractivity contribution in [3.05, 3.63) is 96.1 Å². The predicted molar refractivity (Wildman–Crippen MR) is 131 cm³/mol. The third kappa shape index (κ3) is 4.72. The molecule has 1 aliphatic rings. The van der Waals surface area contributed by atoms with Gasteiger partial charge in [0.25, 0.3) is 11.1 Å². The number of amides is 1. The lowest BCUT2D eigenvalue weighted by molar-refractivity contribution is -0.130. The summed E-state index contributed by atoms with van der Waals surface area (Å²) in [4.78, 5) is 13.3. The van der Waals surface area contributed by atoms with Crippen LogP contribution in [0.1, 0.15) is 23.6 Å². The van der Waals surface area contributed by atoms with Crippen molar-refractivity contribution in [1.29, 1.82) is 0 Å². The van der Waals surface area contributed by atoms with Crippen molar-refractivity contribution in [1.82, 2.24) is 15.2 Å².